The third-order valence-corrected chi connectivity index (χ3v) is 2.46. The van der Waals surface area contributed by atoms with Crippen LogP contribution in [-0.2, 0) is 10.2 Å². The Hall–Kier alpha value is -1.11. The molecule has 1 rings (SSSR count). The van der Waals surface area contributed by atoms with Crippen molar-refractivity contribution in [3.63, 3.8) is 0 Å². The van der Waals surface area contributed by atoms with Crippen LogP contribution in [0.25, 0.3) is 0 Å². The standard InChI is InChI=1S/C13H18O/c1-10(9-14)11-7-5-6-8-12(11)13(2,3)4/h5-10H,1-4H3. The summed E-state index contributed by atoms with van der Waals surface area (Å²) >= 11 is 0. The SMILES string of the molecule is CC(C=O)c1ccccc1C(C)(C)C. The van der Waals surface area contributed by atoms with Crippen LogP contribution in [-0.4, -0.2) is 6.29 Å². The maximum atomic E-state index is 10.8. The lowest BCUT2D eigenvalue weighted by molar-refractivity contribution is -0.108. The van der Waals surface area contributed by atoms with Gasteiger partial charge < -0.3 is 4.79 Å². The lowest BCUT2D eigenvalue weighted by Gasteiger charge is -2.24. The Bertz CT molecular complexity index is 320. The van der Waals surface area contributed by atoms with Crippen LogP contribution in [0.15, 0.2) is 24.3 Å². The third kappa shape index (κ3) is 2.22. The van der Waals surface area contributed by atoms with Crippen LogP contribution in [0.3, 0.4) is 0 Å². The molecule has 0 aromatic heterocycles. The van der Waals surface area contributed by atoms with Gasteiger partial charge in [0.05, 0.1) is 0 Å². The smallest absolute Gasteiger partial charge is 0.127 e. The second-order valence-corrected chi connectivity index (χ2v) is 4.76. The zero-order valence-electron chi connectivity index (χ0n) is 9.37. The highest BCUT2D eigenvalue weighted by Crippen LogP contribution is 2.29. The van der Waals surface area contributed by atoms with Crippen molar-refractivity contribution < 1.29 is 4.79 Å². The van der Waals surface area contributed by atoms with Crippen molar-refractivity contribution in [1.82, 2.24) is 0 Å². The Morgan fingerprint density at radius 2 is 1.79 bits per heavy atom. The molecule has 0 heterocycles. The van der Waals surface area contributed by atoms with Crippen LogP contribution in [0.4, 0.5) is 0 Å². The molecule has 0 saturated carbocycles. The molecule has 0 amide bonds. The second-order valence-electron chi connectivity index (χ2n) is 4.76. The summed E-state index contributed by atoms with van der Waals surface area (Å²) in [7, 11) is 0. The maximum absolute atomic E-state index is 10.8. The Kier molecular flexibility index (Phi) is 3.10. The molecule has 0 bridgehead atoms. The molecule has 1 unspecified atom stereocenters. The Balaban J connectivity index is 3.22. The summed E-state index contributed by atoms with van der Waals surface area (Å²) in [6, 6.07) is 8.17. The van der Waals surface area contributed by atoms with E-state index in [1.807, 2.05) is 25.1 Å². The summed E-state index contributed by atoms with van der Waals surface area (Å²) in [5, 5.41) is 0. The van der Waals surface area contributed by atoms with Crippen molar-refractivity contribution in [2.24, 2.45) is 0 Å². The van der Waals surface area contributed by atoms with Gasteiger partial charge in [0, 0.05) is 5.92 Å². The van der Waals surface area contributed by atoms with Crippen LogP contribution in [0.5, 0.6) is 0 Å². The molecule has 0 saturated heterocycles. The molecule has 0 N–H and O–H groups in total. The zero-order chi connectivity index (χ0) is 10.8. The number of rotatable bonds is 2. The van der Waals surface area contributed by atoms with Crippen molar-refractivity contribution in [3.8, 4) is 0 Å². The van der Waals surface area contributed by atoms with Crippen molar-refractivity contribution in [2.45, 2.75) is 39.0 Å². The molecule has 0 aliphatic rings. The van der Waals surface area contributed by atoms with E-state index in [0.29, 0.717) is 0 Å². The molecule has 0 radical (unpaired) electrons. The normalized spacial score (nSPS) is 13.7. The number of carbonyl (C=O) groups is 1. The number of carbonyl (C=O) groups excluding carboxylic acids is 1. The van der Waals surface area contributed by atoms with Crippen molar-refractivity contribution in [3.05, 3.63) is 35.4 Å². The first kappa shape index (κ1) is 11.0. The van der Waals surface area contributed by atoms with Crippen LogP contribution < -0.4 is 0 Å². The predicted molar refractivity (Wildman–Crippen MR) is 59.6 cm³/mol. The summed E-state index contributed by atoms with van der Waals surface area (Å²) in [6.07, 6.45) is 1.00. The Morgan fingerprint density at radius 1 is 1.21 bits per heavy atom. The first-order valence-electron chi connectivity index (χ1n) is 5.01. The van der Waals surface area contributed by atoms with Crippen LogP contribution in [0.2, 0.25) is 0 Å². The molecule has 0 spiro atoms. The fourth-order valence-corrected chi connectivity index (χ4v) is 1.65. The summed E-state index contributed by atoms with van der Waals surface area (Å²) < 4.78 is 0. The van der Waals surface area contributed by atoms with Crippen LogP contribution >= 0.6 is 0 Å². The van der Waals surface area contributed by atoms with E-state index in [-0.39, 0.29) is 11.3 Å². The number of hydrogen-bond donors (Lipinski definition) is 0. The van der Waals surface area contributed by atoms with Gasteiger partial charge in [-0.1, -0.05) is 52.0 Å². The van der Waals surface area contributed by atoms with E-state index in [0.717, 1.165) is 11.8 Å². The van der Waals surface area contributed by atoms with Gasteiger partial charge in [-0.05, 0) is 16.5 Å². The molecule has 1 aromatic rings. The number of aldehydes is 1. The summed E-state index contributed by atoms with van der Waals surface area (Å²) in [5.74, 6) is -0.00887. The molecule has 0 aliphatic carbocycles. The molecule has 76 valence electrons. The minimum atomic E-state index is -0.00887. The summed E-state index contributed by atoms with van der Waals surface area (Å²) in [6.45, 7) is 8.45. The zero-order valence-corrected chi connectivity index (χ0v) is 9.37. The Morgan fingerprint density at radius 3 is 2.29 bits per heavy atom. The third-order valence-electron chi connectivity index (χ3n) is 2.46. The first-order valence-corrected chi connectivity index (χ1v) is 5.01. The van der Waals surface area contributed by atoms with Gasteiger partial charge in [0.15, 0.2) is 0 Å². The van der Waals surface area contributed by atoms with Gasteiger partial charge in [0.1, 0.15) is 6.29 Å². The van der Waals surface area contributed by atoms with Gasteiger partial charge in [0.2, 0.25) is 0 Å². The Labute approximate surface area is 86.1 Å². The van der Waals surface area contributed by atoms with Crippen molar-refractivity contribution in [2.75, 3.05) is 0 Å². The highest BCUT2D eigenvalue weighted by molar-refractivity contribution is 5.63. The average Bonchev–Trinajstić information content (AvgIpc) is 2.15. The van der Waals surface area contributed by atoms with E-state index in [1.54, 1.807) is 0 Å². The largest absolute Gasteiger partial charge is 0.303 e. The fourth-order valence-electron chi connectivity index (χ4n) is 1.65. The van der Waals surface area contributed by atoms with Gasteiger partial charge >= 0.3 is 0 Å². The maximum Gasteiger partial charge on any atom is 0.127 e. The predicted octanol–water partition coefficient (Wildman–Crippen LogP) is 3.29. The highest BCUT2D eigenvalue weighted by atomic mass is 16.1. The summed E-state index contributed by atoms with van der Waals surface area (Å²) in [5.41, 5.74) is 2.52. The minimum absolute atomic E-state index is 0.00887. The first-order chi connectivity index (χ1) is 6.46. The van der Waals surface area contributed by atoms with Gasteiger partial charge in [-0.3, -0.25) is 0 Å². The van der Waals surface area contributed by atoms with Gasteiger partial charge in [-0.15, -0.1) is 0 Å². The van der Waals surface area contributed by atoms with E-state index < -0.39 is 0 Å². The highest BCUT2D eigenvalue weighted by Gasteiger charge is 2.19. The molecular weight excluding hydrogens is 172 g/mol. The lowest BCUT2D eigenvalue weighted by atomic mass is 9.81. The monoisotopic (exact) mass is 190 g/mol. The quantitative estimate of drug-likeness (QED) is 0.654. The van der Waals surface area contributed by atoms with Crippen molar-refractivity contribution >= 4 is 6.29 Å². The van der Waals surface area contributed by atoms with E-state index in [2.05, 4.69) is 26.8 Å². The minimum Gasteiger partial charge on any atom is -0.303 e. The van der Waals surface area contributed by atoms with E-state index in [1.165, 1.54) is 5.56 Å². The van der Waals surface area contributed by atoms with E-state index in [4.69, 9.17) is 0 Å². The number of benzene rings is 1. The van der Waals surface area contributed by atoms with Crippen LogP contribution in [0, 0.1) is 0 Å². The molecule has 1 heteroatoms. The molecule has 1 nitrogen and oxygen atoms in total. The molecule has 1 atom stereocenters. The average molecular weight is 190 g/mol. The van der Waals surface area contributed by atoms with Gasteiger partial charge in [-0.25, -0.2) is 0 Å². The van der Waals surface area contributed by atoms with Crippen LogP contribution in [0.1, 0.15) is 44.7 Å². The van der Waals surface area contributed by atoms with Gasteiger partial charge in [0.25, 0.3) is 0 Å². The molecule has 1 aromatic carbocycles. The topological polar surface area (TPSA) is 17.1 Å². The molecule has 14 heavy (non-hydrogen) atoms. The fraction of sp³-hybridized carbons (Fsp3) is 0.462. The lowest BCUT2D eigenvalue weighted by Crippen LogP contribution is -2.15. The molecule has 0 fully saturated rings. The molecule has 0 aliphatic heterocycles. The molecular formula is C13H18O. The van der Waals surface area contributed by atoms with Crippen molar-refractivity contribution in [1.29, 1.82) is 0 Å². The van der Waals surface area contributed by atoms with Gasteiger partial charge in [-0.2, -0.15) is 0 Å². The number of hydrogen-bond acceptors (Lipinski definition) is 1. The van der Waals surface area contributed by atoms with E-state index in [9.17, 15) is 4.79 Å². The second kappa shape index (κ2) is 3.95. The van der Waals surface area contributed by atoms with E-state index >= 15 is 0 Å². The summed E-state index contributed by atoms with van der Waals surface area (Å²) in [4.78, 5) is 10.8.